The van der Waals surface area contributed by atoms with E-state index >= 15 is 0 Å². The highest BCUT2D eigenvalue weighted by atomic mass is 35.5. The van der Waals surface area contributed by atoms with Crippen LogP contribution < -0.4 is 5.56 Å². The van der Waals surface area contributed by atoms with Gasteiger partial charge >= 0.3 is 0 Å². The second kappa shape index (κ2) is 7.21. The first-order valence-electron chi connectivity index (χ1n) is 8.23. The highest BCUT2D eigenvalue weighted by molar-refractivity contribution is 6.30. The van der Waals surface area contributed by atoms with E-state index in [1.165, 1.54) is 12.3 Å². The molecule has 24 heavy (non-hydrogen) atoms. The Morgan fingerprint density at radius 3 is 3.04 bits per heavy atom. The molecule has 2 aromatic heterocycles. The fourth-order valence-electron chi connectivity index (χ4n) is 3.27. The third-order valence-corrected chi connectivity index (χ3v) is 4.83. The number of carbonyl (C=O) groups excluding carboxylic acids is 1. The third kappa shape index (κ3) is 3.53. The molecule has 1 fully saturated rings. The molecule has 128 valence electrons. The fraction of sp³-hybridized carbons (Fsp3) is 0.471. The number of nitrogens with zero attached hydrogens (tertiary/aromatic N) is 3. The molecule has 0 bridgehead atoms. The van der Waals surface area contributed by atoms with E-state index in [0.29, 0.717) is 11.6 Å². The lowest BCUT2D eigenvalue weighted by molar-refractivity contribution is 0.0593. The molecule has 0 spiro atoms. The first-order valence-corrected chi connectivity index (χ1v) is 8.61. The van der Waals surface area contributed by atoms with Crippen molar-refractivity contribution in [2.45, 2.75) is 45.2 Å². The molecule has 7 heteroatoms. The summed E-state index contributed by atoms with van der Waals surface area (Å²) in [6.07, 6.45) is 9.00. The zero-order valence-corrected chi connectivity index (χ0v) is 14.4. The van der Waals surface area contributed by atoms with Gasteiger partial charge in [0.1, 0.15) is 11.4 Å². The van der Waals surface area contributed by atoms with Gasteiger partial charge in [-0.3, -0.25) is 9.59 Å². The number of carbonyl (C=O) groups is 1. The maximum atomic E-state index is 12.8. The number of pyridine rings is 1. The van der Waals surface area contributed by atoms with Gasteiger partial charge in [0.05, 0.1) is 5.02 Å². The van der Waals surface area contributed by atoms with Crippen LogP contribution >= 0.6 is 11.6 Å². The van der Waals surface area contributed by atoms with Crippen molar-refractivity contribution in [3.8, 4) is 0 Å². The maximum absolute atomic E-state index is 12.8. The van der Waals surface area contributed by atoms with Crippen molar-refractivity contribution in [3.63, 3.8) is 0 Å². The predicted molar refractivity (Wildman–Crippen MR) is 92.3 cm³/mol. The number of H-pyrrole nitrogens is 1. The highest BCUT2D eigenvalue weighted by Gasteiger charge is 2.28. The summed E-state index contributed by atoms with van der Waals surface area (Å²) in [5.74, 6) is 0.737. The maximum Gasteiger partial charge on any atom is 0.260 e. The van der Waals surface area contributed by atoms with Gasteiger partial charge in [-0.25, -0.2) is 4.98 Å². The van der Waals surface area contributed by atoms with E-state index in [0.717, 1.165) is 38.1 Å². The van der Waals surface area contributed by atoms with Crippen molar-refractivity contribution in [2.24, 2.45) is 0 Å². The van der Waals surface area contributed by atoms with E-state index in [4.69, 9.17) is 11.6 Å². The number of amides is 1. The van der Waals surface area contributed by atoms with Crippen molar-refractivity contribution in [2.75, 3.05) is 6.54 Å². The molecular formula is C17H21ClN4O2. The largest absolute Gasteiger partial charge is 0.335 e. The van der Waals surface area contributed by atoms with E-state index in [2.05, 4.69) is 14.5 Å². The Hall–Kier alpha value is -2.08. The first kappa shape index (κ1) is 16.8. The van der Waals surface area contributed by atoms with Gasteiger partial charge in [0.2, 0.25) is 0 Å². The summed E-state index contributed by atoms with van der Waals surface area (Å²) >= 11 is 5.93. The van der Waals surface area contributed by atoms with Gasteiger partial charge in [0.25, 0.3) is 11.5 Å². The first-order chi connectivity index (χ1) is 11.6. The van der Waals surface area contributed by atoms with Crippen molar-refractivity contribution in [1.29, 1.82) is 0 Å². The number of nitrogens with one attached hydrogen (secondary N) is 1. The SMILES string of the molecule is Cc1nccn1CCC1CCCCN1C(=O)c1cc(Cl)c[nH]c1=O. The van der Waals surface area contributed by atoms with Crippen molar-refractivity contribution in [1.82, 2.24) is 19.4 Å². The molecular weight excluding hydrogens is 328 g/mol. The van der Waals surface area contributed by atoms with Crippen LogP contribution in [0.25, 0.3) is 0 Å². The van der Waals surface area contributed by atoms with Gasteiger partial charge in [0.15, 0.2) is 0 Å². The normalized spacial score (nSPS) is 17.9. The molecule has 6 nitrogen and oxygen atoms in total. The lowest BCUT2D eigenvalue weighted by Crippen LogP contribution is -2.45. The van der Waals surface area contributed by atoms with Crippen LogP contribution in [0.2, 0.25) is 5.02 Å². The van der Waals surface area contributed by atoms with Crippen LogP contribution in [0.5, 0.6) is 0 Å². The standard InChI is InChI=1S/C17H21ClN4O2/c1-12-19-6-9-21(12)8-5-14-4-2-3-7-22(14)17(24)15-10-13(18)11-20-16(15)23/h6,9-11,14H,2-5,7-8H2,1H3,(H,20,23). The van der Waals surface area contributed by atoms with Gasteiger partial charge in [0, 0.05) is 37.7 Å². The molecule has 1 saturated heterocycles. The van der Waals surface area contributed by atoms with Crippen LogP contribution in [0.3, 0.4) is 0 Å². The Morgan fingerprint density at radius 2 is 2.29 bits per heavy atom. The van der Waals surface area contributed by atoms with Gasteiger partial charge in [-0.05, 0) is 38.7 Å². The molecule has 1 N–H and O–H groups in total. The number of aromatic amines is 1. The number of hydrogen-bond acceptors (Lipinski definition) is 3. The number of aromatic nitrogens is 3. The summed E-state index contributed by atoms with van der Waals surface area (Å²) in [5, 5.41) is 0.362. The zero-order chi connectivity index (χ0) is 17.1. The summed E-state index contributed by atoms with van der Waals surface area (Å²) in [6.45, 7) is 3.46. The van der Waals surface area contributed by atoms with Gasteiger partial charge < -0.3 is 14.5 Å². The number of likely N-dealkylation sites (tertiary alicyclic amines) is 1. The summed E-state index contributed by atoms with van der Waals surface area (Å²) in [6, 6.07) is 1.58. The minimum Gasteiger partial charge on any atom is -0.335 e. The predicted octanol–water partition coefficient (Wildman–Crippen LogP) is 2.62. The summed E-state index contributed by atoms with van der Waals surface area (Å²) < 4.78 is 2.09. The average molecular weight is 349 g/mol. The molecule has 1 atom stereocenters. The Balaban J connectivity index is 1.76. The second-order valence-corrected chi connectivity index (χ2v) is 6.60. The molecule has 1 unspecified atom stereocenters. The van der Waals surface area contributed by atoms with Gasteiger partial charge in [-0.1, -0.05) is 11.6 Å². The van der Waals surface area contributed by atoms with Crippen LogP contribution in [0.15, 0.2) is 29.5 Å². The van der Waals surface area contributed by atoms with Crippen LogP contribution in [0.1, 0.15) is 41.9 Å². The highest BCUT2D eigenvalue weighted by Crippen LogP contribution is 2.22. The van der Waals surface area contributed by atoms with E-state index < -0.39 is 0 Å². The van der Waals surface area contributed by atoms with E-state index in [1.54, 1.807) is 6.20 Å². The Kier molecular flexibility index (Phi) is 5.04. The smallest absolute Gasteiger partial charge is 0.260 e. The van der Waals surface area contributed by atoms with E-state index in [1.807, 2.05) is 18.0 Å². The molecule has 3 rings (SSSR count). The van der Waals surface area contributed by atoms with Crippen molar-refractivity contribution < 1.29 is 4.79 Å². The monoisotopic (exact) mass is 348 g/mol. The number of hydrogen-bond donors (Lipinski definition) is 1. The Labute approximate surface area is 145 Å². The summed E-state index contributed by atoms with van der Waals surface area (Å²) in [7, 11) is 0. The molecule has 1 aliphatic rings. The number of halogens is 1. The van der Waals surface area contributed by atoms with E-state index in [9.17, 15) is 9.59 Å². The number of aryl methyl sites for hydroxylation is 2. The molecule has 0 aliphatic carbocycles. The Bertz CT molecular complexity index is 783. The quantitative estimate of drug-likeness (QED) is 0.923. The molecule has 1 amide bonds. The summed E-state index contributed by atoms with van der Waals surface area (Å²) in [4.78, 5) is 33.4. The molecule has 0 radical (unpaired) electrons. The molecule has 2 aromatic rings. The van der Waals surface area contributed by atoms with Gasteiger partial charge in [-0.15, -0.1) is 0 Å². The van der Waals surface area contributed by atoms with Crippen LogP contribution in [-0.4, -0.2) is 37.9 Å². The summed E-state index contributed by atoms with van der Waals surface area (Å²) in [5.41, 5.74) is -0.271. The fourth-order valence-corrected chi connectivity index (χ4v) is 3.43. The number of imidazole rings is 1. The molecule has 0 saturated carbocycles. The topological polar surface area (TPSA) is 71.0 Å². The lowest BCUT2D eigenvalue weighted by atomic mass is 9.98. The van der Waals surface area contributed by atoms with Gasteiger partial charge in [-0.2, -0.15) is 0 Å². The average Bonchev–Trinajstić information content (AvgIpc) is 3.00. The minimum atomic E-state index is -0.390. The van der Waals surface area contributed by atoms with Crippen LogP contribution in [0.4, 0.5) is 0 Å². The Morgan fingerprint density at radius 1 is 1.46 bits per heavy atom. The van der Waals surface area contributed by atoms with E-state index in [-0.39, 0.29) is 23.1 Å². The van der Waals surface area contributed by atoms with Crippen LogP contribution in [-0.2, 0) is 6.54 Å². The van der Waals surface area contributed by atoms with Crippen molar-refractivity contribution in [3.05, 3.63) is 51.4 Å². The number of rotatable bonds is 4. The second-order valence-electron chi connectivity index (χ2n) is 6.17. The molecule has 0 aromatic carbocycles. The zero-order valence-electron chi connectivity index (χ0n) is 13.7. The third-order valence-electron chi connectivity index (χ3n) is 4.61. The number of piperidine rings is 1. The molecule has 3 heterocycles. The van der Waals surface area contributed by atoms with Crippen molar-refractivity contribution >= 4 is 17.5 Å². The van der Waals surface area contributed by atoms with Crippen LogP contribution in [0, 0.1) is 6.92 Å². The minimum absolute atomic E-state index is 0.119. The molecule has 1 aliphatic heterocycles. The lowest BCUT2D eigenvalue weighted by Gasteiger charge is -2.36.